The van der Waals surface area contributed by atoms with Crippen LogP contribution in [0.5, 0.6) is 0 Å². The quantitative estimate of drug-likeness (QED) is 0.0121. The number of phosphoric acid groups is 3. The van der Waals surface area contributed by atoms with Crippen LogP contribution in [0, 0.1) is 17.3 Å². The molecule has 2 saturated heterocycles. The topological polar surface area (TPSA) is 491 Å². The predicted molar refractivity (Wildman–Crippen MR) is 276 cm³/mol. The molecular weight excluding hydrogens is 1160 g/mol. The highest BCUT2D eigenvalue weighted by molar-refractivity contribution is 8.13. The third-order valence-corrected chi connectivity index (χ3v) is 16.9. The monoisotopic (exact) mass is 1230 g/mol. The number of carbonyl (C=O) groups excluding carboxylic acids is 4. The van der Waals surface area contributed by atoms with E-state index >= 15 is 0 Å². The van der Waals surface area contributed by atoms with E-state index in [-0.39, 0.29) is 72.1 Å². The molecule has 2 aliphatic rings. The number of unbranched alkanes of at least 4 members (excludes halogenated alkanes) is 4. The Kier molecular flexibility index (Phi) is 27.6. The average Bonchev–Trinajstić information content (AvgIpc) is 4.22. The maximum absolute atomic E-state index is 12.7. The number of aliphatic hydroxyl groups is 6. The number of nitrogens with zero attached hydrogens (tertiary/aromatic N) is 4. The molecule has 0 aromatic carbocycles. The van der Waals surface area contributed by atoms with Crippen LogP contribution in [-0.2, 0) is 65.0 Å². The highest BCUT2D eigenvalue weighted by Gasteiger charge is 2.48. The van der Waals surface area contributed by atoms with Crippen LogP contribution >= 0.6 is 35.2 Å². The maximum Gasteiger partial charge on any atom is 0.330 e. The fourth-order valence-corrected chi connectivity index (χ4v) is 11.5. The van der Waals surface area contributed by atoms with Crippen LogP contribution in [0.15, 0.2) is 36.5 Å². The van der Waals surface area contributed by atoms with Gasteiger partial charge in [-0.15, -0.1) is 0 Å². The number of aromatic nitrogens is 4. The predicted octanol–water partition coefficient (Wildman–Crippen LogP) is -1.97. The number of ether oxygens (including phenoxy) is 3. The number of hydrogen-bond acceptors (Lipinski definition) is 29. The van der Waals surface area contributed by atoms with Crippen LogP contribution in [-0.4, -0.2) is 173 Å². The number of anilines is 1. The zero-order chi connectivity index (χ0) is 60.5. The van der Waals surface area contributed by atoms with Crippen LogP contribution in [0.3, 0.4) is 0 Å². The van der Waals surface area contributed by atoms with Crippen LogP contribution in [0.25, 0.3) is 11.2 Å². The molecule has 460 valence electrons. The number of carbonyl (C=O) groups is 4. The molecule has 2 aliphatic heterocycles. The van der Waals surface area contributed by atoms with Crippen molar-refractivity contribution in [2.45, 2.75) is 147 Å². The van der Waals surface area contributed by atoms with E-state index in [0.29, 0.717) is 25.7 Å². The molecule has 10 N–H and O–H groups in total. The highest BCUT2D eigenvalue weighted by atomic mass is 32.2. The zero-order valence-corrected chi connectivity index (χ0v) is 48.6. The molecule has 4 heterocycles. The van der Waals surface area contributed by atoms with E-state index in [0.717, 1.165) is 54.3 Å². The van der Waals surface area contributed by atoms with Crippen molar-refractivity contribution in [1.29, 1.82) is 0 Å². The van der Waals surface area contributed by atoms with Gasteiger partial charge in [-0.05, 0) is 44.6 Å². The molecule has 0 saturated carbocycles. The number of nitrogens with one attached hydrogen (secondary N) is 2. The number of rotatable bonds is 34. The van der Waals surface area contributed by atoms with Crippen molar-refractivity contribution in [3.63, 3.8) is 0 Å². The van der Waals surface area contributed by atoms with Crippen molar-refractivity contribution in [1.82, 2.24) is 30.2 Å². The average molecular weight is 1230 g/mol. The summed E-state index contributed by atoms with van der Waals surface area (Å²) in [6, 6.07) is 0. The molecule has 2 unspecified atom stereocenters. The molecule has 0 aliphatic carbocycles. The number of amides is 2. The molecule has 2 aromatic heterocycles. The molecule has 0 bridgehead atoms. The van der Waals surface area contributed by atoms with Crippen LogP contribution < -0.4 is 35.9 Å². The lowest BCUT2D eigenvalue weighted by atomic mass is 9.86. The van der Waals surface area contributed by atoms with Gasteiger partial charge in [-0.25, -0.2) is 24.1 Å². The van der Waals surface area contributed by atoms with Gasteiger partial charge in [-0.3, -0.25) is 28.1 Å². The van der Waals surface area contributed by atoms with Gasteiger partial charge in [0.2, 0.25) is 11.8 Å². The lowest BCUT2D eigenvalue weighted by Crippen LogP contribution is -2.54. The number of nitrogens with two attached hydrogens (primary N) is 1. The number of nitrogen functional groups attached to an aromatic ring is 1. The Morgan fingerprint density at radius 3 is 2.30 bits per heavy atom. The lowest BCUT2D eigenvalue weighted by Gasteiger charge is -2.39. The maximum atomic E-state index is 12.7. The van der Waals surface area contributed by atoms with Gasteiger partial charge in [0.1, 0.15) is 54.6 Å². The first-order valence-electron chi connectivity index (χ1n) is 25.7. The Labute approximate surface area is 470 Å². The fourth-order valence-electron chi connectivity index (χ4n) is 8.01. The second kappa shape index (κ2) is 32.0. The Hall–Kier alpha value is -3.69. The standard InChI is InChI=1S/C46H76N7O24P3S/c1-26(28(3)54)12-11-13-29-21-72-40(37(60)36(29)59)35(58)27(2)20-32(56)71-18-10-8-6-7-9-14-33(57)81-19-17-48-31(55)15-16-49-44(63)41(62)46(4,5)23-74-80(69,70)77-79(67,68)73-22-30-39(76-78(64,65)66)38(61)45(75-30)53-25-52-34-42(47)50-24-51-43(34)53/h11-12,20,24-26,28-30,35-41,45,54,58-62H,6-10,13-19,21-23H2,1-5H3,(H,48,55)(H,49,63)(H,67,68)(H,69,70)(H2,47,50,51)(H2,64,65,66)/p-4/b12-11+,27-20+/t26-,28+,29+,30-,35-,36-,37-,38-,39-,40+,41+,45-/m1/s1. The first-order valence-corrected chi connectivity index (χ1v) is 31.0. The number of hydrogen-bond donors (Lipinski definition) is 9. The number of phosphoric ester groups is 3. The second-order valence-electron chi connectivity index (χ2n) is 20.0. The molecule has 4 rings (SSSR count). The summed E-state index contributed by atoms with van der Waals surface area (Å²) in [5.74, 6) is -2.57. The summed E-state index contributed by atoms with van der Waals surface area (Å²) in [4.78, 5) is 110. The molecule has 31 nitrogen and oxygen atoms in total. The SMILES string of the molecule is C/C(=C\C(=O)OCCCCCCCC(=O)SCCNC(=O)CCNC(=O)[C@H](O)C(C)(C)COP(=O)([O-])OP(=O)([O-])OC[C@H]1O[C@@H](n2cnc3c(N)ncnc32)[C@H](O)[C@@H]1OP(=O)([O-])[O-])[C@@H](O)[C@@H]1OC[C@H](C/C=C/[C@@H](C)[C@H](C)O)[C@@H](O)[C@H]1O. The van der Waals surface area contributed by atoms with E-state index in [2.05, 4.69) is 43.5 Å². The summed E-state index contributed by atoms with van der Waals surface area (Å²) in [6.07, 6.45) is -4.58. The van der Waals surface area contributed by atoms with Gasteiger partial charge in [0.05, 0.1) is 52.8 Å². The normalized spacial score (nSPS) is 25.0. The van der Waals surface area contributed by atoms with Crippen molar-refractivity contribution in [2.75, 3.05) is 51.0 Å². The number of fused-ring (bicyclic) bond motifs is 1. The first-order chi connectivity index (χ1) is 37.8. The van der Waals surface area contributed by atoms with Gasteiger partial charge in [-0.1, -0.05) is 63.9 Å². The minimum absolute atomic E-state index is 0.0283. The number of imidazole rings is 1. The Morgan fingerprint density at radius 2 is 1.60 bits per heavy atom. The van der Waals surface area contributed by atoms with E-state index in [4.69, 9.17) is 19.9 Å². The van der Waals surface area contributed by atoms with Crippen LogP contribution in [0.2, 0.25) is 0 Å². The Bertz CT molecular complexity index is 2610. The number of esters is 1. The summed E-state index contributed by atoms with van der Waals surface area (Å²) in [6.45, 7) is 5.09. The van der Waals surface area contributed by atoms with Crippen molar-refractivity contribution in [2.24, 2.45) is 17.3 Å². The zero-order valence-electron chi connectivity index (χ0n) is 45.1. The molecular formula is C46H72N7O24P3S-4. The van der Waals surface area contributed by atoms with Gasteiger partial charge in [0, 0.05) is 49.1 Å². The third-order valence-electron chi connectivity index (χ3n) is 12.9. The summed E-state index contributed by atoms with van der Waals surface area (Å²) in [5.41, 5.74) is 4.20. The van der Waals surface area contributed by atoms with E-state index in [1.165, 1.54) is 20.8 Å². The fraction of sp³-hybridized carbons (Fsp3) is 0.717. The van der Waals surface area contributed by atoms with Crippen LogP contribution in [0.4, 0.5) is 5.82 Å². The molecule has 2 fully saturated rings. The van der Waals surface area contributed by atoms with Crippen molar-refractivity contribution >= 4 is 75.1 Å². The summed E-state index contributed by atoms with van der Waals surface area (Å²) >= 11 is 1.03. The summed E-state index contributed by atoms with van der Waals surface area (Å²) in [5, 5.41) is 68.0. The lowest BCUT2D eigenvalue weighted by molar-refractivity contribution is -0.347. The van der Waals surface area contributed by atoms with Gasteiger partial charge < -0.3 is 98.9 Å². The highest BCUT2D eigenvalue weighted by Crippen LogP contribution is 2.56. The molecule has 2 amide bonds. The first kappa shape index (κ1) is 69.8. The summed E-state index contributed by atoms with van der Waals surface area (Å²) in [7, 11) is -17.7. The smallest absolute Gasteiger partial charge is 0.330 e. The summed E-state index contributed by atoms with van der Waals surface area (Å²) < 4.78 is 71.8. The van der Waals surface area contributed by atoms with E-state index in [9.17, 15) is 83.1 Å². The molecule has 35 heteroatoms. The Balaban J connectivity index is 1.04. The van der Waals surface area contributed by atoms with Crippen LogP contribution in [0.1, 0.15) is 92.2 Å². The third kappa shape index (κ3) is 22.7. The van der Waals surface area contributed by atoms with Gasteiger partial charge in [-0.2, -0.15) is 0 Å². The van der Waals surface area contributed by atoms with E-state index < -0.39 is 127 Å². The minimum atomic E-state index is -5.96. The molecule has 14 atom stereocenters. The van der Waals surface area contributed by atoms with Gasteiger partial charge in [0.15, 0.2) is 22.8 Å². The van der Waals surface area contributed by atoms with E-state index in [1.807, 2.05) is 19.1 Å². The second-order valence-corrected chi connectivity index (χ2v) is 25.2. The van der Waals surface area contributed by atoms with Gasteiger partial charge in [0.25, 0.3) is 15.6 Å². The molecule has 0 spiro atoms. The van der Waals surface area contributed by atoms with Gasteiger partial charge >= 0.3 is 5.97 Å². The molecule has 0 radical (unpaired) electrons. The van der Waals surface area contributed by atoms with Crippen molar-refractivity contribution < 1.29 is 115 Å². The van der Waals surface area contributed by atoms with Crippen molar-refractivity contribution in [3.8, 4) is 0 Å². The van der Waals surface area contributed by atoms with Crippen molar-refractivity contribution in [3.05, 3.63) is 36.5 Å². The van der Waals surface area contributed by atoms with E-state index in [1.54, 1.807) is 6.92 Å². The molecule has 2 aromatic rings. The Morgan fingerprint density at radius 1 is 0.926 bits per heavy atom. The minimum Gasteiger partial charge on any atom is -0.790 e. The number of thioether (sulfide) groups is 1. The molecule has 81 heavy (non-hydrogen) atoms. The number of aliphatic hydroxyl groups excluding tert-OH is 6. The largest absolute Gasteiger partial charge is 0.790 e. The number of allylic oxidation sites excluding steroid dienone is 1.